The molecule has 0 aliphatic heterocycles. The van der Waals surface area contributed by atoms with Crippen molar-refractivity contribution in [1.82, 2.24) is 10.6 Å². The monoisotopic (exact) mass is 256 g/mol. The van der Waals surface area contributed by atoms with Crippen LogP contribution in [0.5, 0.6) is 0 Å². The smallest absolute Gasteiger partial charge is 0.218 e. The van der Waals surface area contributed by atoms with Crippen molar-refractivity contribution in [1.29, 1.82) is 0 Å². The van der Waals surface area contributed by atoms with Crippen LogP contribution in [0.2, 0.25) is 0 Å². The van der Waals surface area contributed by atoms with E-state index in [1.54, 1.807) is 0 Å². The lowest BCUT2D eigenvalue weighted by Crippen LogP contribution is -2.50. The summed E-state index contributed by atoms with van der Waals surface area (Å²) in [5.41, 5.74) is 10.2. The number of nitrogens with two attached hydrogens (primary N) is 2. The number of carbonyl (C=O) groups is 2. The van der Waals surface area contributed by atoms with Crippen molar-refractivity contribution in [3.63, 3.8) is 0 Å². The summed E-state index contributed by atoms with van der Waals surface area (Å²) in [7, 11) is 0. The molecule has 0 aromatic carbocycles. The highest BCUT2D eigenvalue weighted by atomic mass is 16.1. The minimum Gasteiger partial charge on any atom is -0.370 e. The predicted molar refractivity (Wildman–Crippen MR) is 69.7 cm³/mol. The summed E-state index contributed by atoms with van der Waals surface area (Å²) in [6, 6.07) is 0.706. The van der Waals surface area contributed by atoms with Gasteiger partial charge in [0.25, 0.3) is 0 Å². The summed E-state index contributed by atoms with van der Waals surface area (Å²) in [5, 5.41) is 6.72. The highest BCUT2D eigenvalue weighted by molar-refractivity contribution is 5.74. The van der Waals surface area contributed by atoms with Gasteiger partial charge in [-0.1, -0.05) is 12.8 Å². The Morgan fingerprint density at radius 1 is 0.889 bits per heavy atom. The largest absolute Gasteiger partial charge is 0.370 e. The topological polar surface area (TPSA) is 110 Å². The zero-order valence-corrected chi connectivity index (χ0v) is 10.8. The molecule has 1 aliphatic carbocycles. The van der Waals surface area contributed by atoms with E-state index in [4.69, 9.17) is 11.5 Å². The van der Waals surface area contributed by atoms with Gasteiger partial charge in [-0.05, 0) is 12.8 Å². The Labute approximate surface area is 108 Å². The molecular weight excluding hydrogens is 232 g/mol. The van der Waals surface area contributed by atoms with Crippen molar-refractivity contribution in [2.75, 3.05) is 13.1 Å². The lowest BCUT2D eigenvalue weighted by molar-refractivity contribution is -0.118. The van der Waals surface area contributed by atoms with E-state index in [1.165, 1.54) is 12.8 Å². The minimum atomic E-state index is -0.281. The summed E-state index contributed by atoms with van der Waals surface area (Å²) in [4.78, 5) is 21.4. The van der Waals surface area contributed by atoms with E-state index < -0.39 is 0 Å². The molecule has 1 saturated carbocycles. The molecule has 0 aromatic heterocycles. The van der Waals surface area contributed by atoms with Crippen molar-refractivity contribution < 1.29 is 9.59 Å². The average Bonchev–Trinajstić information content (AvgIpc) is 2.30. The van der Waals surface area contributed by atoms with Gasteiger partial charge in [-0.3, -0.25) is 9.59 Å². The lowest BCUT2D eigenvalue weighted by Gasteiger charge is -2.33. The highest BCUT2D eigenvalue weighted by Crippen LogP contribution is 2.18. The van der Waals surface area contributed by atoms with E-state index in [1.807, 2.05) is 0 Å². The van der Waals surface area contributed by atoms with E-state index in [9.17, 15) is 9.59 Å². The summed E-state index contributed by atoms with van der Waals surface area (Å²) < 4.78 is 0. The van der Waals surface area contributed by atoms with Gasteiger partial charge in [0, 0.05) is 38.0 Å². The summed E-state index contributed by atoms with van der Waals surface area (Å²) in [6.07, 6.45) is 5.31. The maximum absolute atomic E-state index is 10.7. The number of amides is 2. The molecular formula is C12H24N4O2. The van der Waals surface area contributed by atoms with Crippen LogP contribution in [-0.4, -0.2) is 37.0 Å². The summed E-state index contributed by atoms with van der Waals surface area (Å²) in [6.45, 7) is 1.24. The van der Waals surface area contributed by atoms with Crippen molar-refractivity contribution in [2.24, 2.45) is 11.5 Å². The molecule has 0 radical (unpaired) electrons. The van der Waals surface area contributed by atoms with Gasteiger partial charge >= 0.3 is 0 Å². The fourth-order valence-electron chi connectivity index (χ4n) is 2.38. The van der Waals surface area contributed by atoms with Crippen molar-refractivity contribution in [3.05, 3.63) is 0 Å². The van der Waals surface area contributed by atoms with Crippen LogP contribution < -0.4 is 22.1 Å². The number of carbonyl (C=O) groups excluding carboxylic acids is 2. The van der Waals surface area contributed by atoms with Gasteiger partial charge in [-0.25, -0.2) is 0 Å². The molecule has 6 nitrogen and oxygen atoms in total. The third-order valence-electron chi connectivity index (χ3n) is 3.32. The standard InChI is InChI=1S/C12H24N4O2/c13-11(17)5-7-15-9-3-1-2-4-10(9)16-8-6-12(14)18/h9-10,15-16H,1-8H2,(H2,13,17)(H2,14,18)/t9-,10-/m0/s1. The number of primary amides is 2. The molecule has 1 fully saturated rings. The molecule has 6 N–H and O–H groups in total. The first-order valence-electron chi connectivity index (χ1n) is 6.63. The number of hydrogen-bond acceptors (Lipinski definition) is 4. The predicted octanol–water partition coefficient (Wildman–Crippen LogP) is -0.772. The van der Waals surface area contributed by atoms with Gasteiger partial charge in [-0.15, -0.1) is 0 Å². The molecule has 2 atom stereocenters. The van der Waals surface area contributed by atoms with Gasteiger partial charge in [0.05, 0.1) is 0 Å². The summed E-state index contributed by atoms with van der Waals surface area (Å²) >= 11 is 0. The molecule has 0 spiro atoms. The Hall–Kier alpha value is -1.14. The molecule has 0 bridgehead atoms. The molecule has 6 heteroatoms. The molecule has 104 valence electrons. The van der Waals surface area contributed by atoms with Crippen molar-refractivity contribution in [2.45, 2.75) is 50.6 Å². The Morgan fingerprint density at radius 3 is 1.61 bits per heavy atom. The van der Waals surface area contributed by atoms with Gasteiger partial charge in [0.15, 0.2) is 0 Å². The third kappa shape index (κ3) is 5.97. The number of rotatable bonds is 8. The average molecular weight is 256 g/mol. The molecule has 0 unspecified atom stereocenters. The van der Waals surface area contributed by atoms with Gasteiger partial charge in [-0.2, -0.15) is 0 Å². The van der Waals surface area contributed by atoms with Crippen LogP contribution in [0.1, 0.15) is 38.5 Å². The maximum Gasteiger partial charge on any atom is 0.218 e. The van der Waals surface area contributed by atoms with Crippen LogP contribution in [0, 0.1) is 0 Å². The zero-order valence-electron chi connectivity index (χ0n) is 10.8. The first-order valence-corrected chi connectivity index (χ1v) is 6.63. The summed E-state index contributed by atoms with van der Waals surface area (Å²) in [5.74, 6) is -0.562. The SMILES string of the molecule is NC(=O)CCN[C@H]1CCCC[C@@H]1NCCC(N)=O. The Kier molecular flexibility index (Phi) is 6.67. The molecule has 0 heterocycles. The quantitative estimate of drug-likeness (QED) is 0.457. The lowest BCUT2D eigenvalue weighted by atomic mass is 9.90. The molecule has 0 saturated heterocycles. The van der Waals surface area contributed by atoms with E-state index >= 15 is 0 Å². The molecule has 0 aromatic rings. The van der Waals surface area contributed by atoms with Crippen LogP contribution in [0.25, 0.3) is 0 Å². The number of hydrogen-bond donors (Lipinski definition) is 4. The van der Waals surface area contributed by atoms with E-state index in [0.717, 1.165) is 12.8 Å². The Morgan fingerprint density at radius 2 is 1.28 bits per heavy atom. The van der Waals surface area contributed by atoms with Crippen molar-refractivity contribution in [3.8, 4) is 0 Å². The molecule has 1 aliphatic rings. The number of nitrogens with one attached hydrogen (secondary N) is 2. The molecule has 18 heavy (non-hydrogen) atoms. The maximum atomic E-state index is 10.7. The zero-order chi connectivity index (χ0) is 13.4. The van der Waals surface area contributed by atoms with E-state index in [2.05, 4.69) is 10.6 Å². The second kappa shape index (κ2) is 8.05. The van der Waals surface area contributed by atoms with Gasteiger partial charge in [0.2, 0.25) is 11.8 Å². The molecule has 1 rings (SSSR count). The van der Waals surface area contributed by atoms with Gasteiger partial charge < -0.3 is 22.1 Å². The van der Waals surface area contributed by atoms with Crippen LogP contribution in [0.3, 0.4) is 0 Å². The van der Waals surface area contributed by atoms with Crippen LogP contribution in [0.4, 0.5) is 0 Å². The van der Waals surface area contributed by atoms with E-state index in [0.29, 0.717) is 38.0 Å². The fourth-order valence-corrected chi connectivity index (χ4v) is 2.38. The third-order valence-corrected chi connectivity index (χ3v) is 3.32. The normalized spacial score (nSPS) is 23.8. The molecule has 2 amide bonds. The highest BCUT2D eigenvalue weighted by Gasteiger charge is 2.23. The van der Waals surface area contributed by atoms with E-state index in [-0.39, 0.29) is 11.8 Å². The van der Waals surface area contributed by atoms with Crippen LogP contribution >= 0.6 is 0 Å². The second-order valence-corrected chi connectivity index (χ2v) is 4.84. The van der Waals surface area contributed by atoms with Crippen LogP contribution in [0.15, 0.2) is 0 Å². The second-order valence-electron chi connectivity index (χ2n) is 4.84. The fraction of sp³-hybridized carbons (Fsp3) is 0.833. The minimum absolute atomic E-state index is 0.281. The first-order chi connectivity index (χ1) is 8.59. The Bertz CT molecular complexity index is 255. The Balaban J connectivity index is 2.27. The first kappa shape index (κ1) is 14.9. The van der Waals surface area contributed by atoms with Crippen molar-refractivity contribution >= 4 is 11.8 Å². The van der Waals surface area contributed by atoms with Gasteiger partial charge in [0.1, 0.15) is 0 Å². The van der Waals surface area contributed by atoms with Crippen LogP contribution in [-0.2, 0) is 9.59 Å².